The number of hydrogen-bond acceptors (Lipinski definition) is 4. The first-order chi connectivity index (χ1) is 9.62. The summed E-state index contributed by atoms with van der Waals surface area (Å²) in [4.78, 5) is 24.9. The summed E-state index contributed by atoms with van der Waals surface area (Å²) >= 11 is 0. The van der Waals surface area contributed by atoms with Gasteiger partial charge in [0.15, 0.2) is 0 Å². The summed E-state index contributed by atoms with van der Waals surface area (Å²) < 4.78 is 0. The molecule has 0 bridgehead atoms. The first-order valence-corrected chi connectivity index (χ1v) is 7.44. The molecule has 1 spiro atoms. The number of likely N-dealkylation sites (tertiary alicyclic amines) is 2. The molecule has 0 saturated carbocycles. The van der Waals surface area contributed by atoms with Crippen LogP contribution in [0.25, 0.3) is 0 Å². The van der Waals surface area contributed by atoms with Crippen LogP contribution in [0.3, 0.4) is 0 Å². The van der Waals surface area contributed by atoms with Gasteiger partial charge in [0.05, 0.1) is 6.20 Å². The third kappa shape index (κ3) is 2.20. The van der Waals surface area contributed by atoms with Gasteiger partial charge in [0, 0.05) is 43.6 Å². The Morgan fingerprint density at radius 1 is 1.20 bits per heavy atom. The van der Waals surface area contributed by atoms with Gasteiger partial charge in [-0.15, -0.1) is 0 Å². The van der Waals surface area contributed by atoms with E-state index < -0.39 is 0 Å². The van der Waals surface area contributed by atoms with E-state index in [9.17, 15) is 4.79 Å². The van der Waals surface area contributed by atoms with E-state index in [1.165, 1.54) is 13.0 Å². The second-order valence-electron chi connectivity index (χ2n) is 6.14. The quantitative estimate of drug-likeness (QED) is 0.821. The van der Waals surface area contributed by atoms with Crippen molar-refractivity contribution in [3.63, 3.8) is 0 Å². The molecule has 0 radical (unpaired) electrons. The Morgan fingerprint density at radius 3 is 2.40 bits per heavy atom. The fourth-order valence-electron chi connectivity index (χ4n) is 3.60. The number of nitrogens with zero attached hydrogens (tertiary/aromatic N) is 4. The van der Waals surface area contributed by atoms with Crippen LogP contribution in [0.5, 0.6) is 0 Å². The zero-order valence-corrected chi connectivity index (χ0v) is 12.2. The standard InChI is InChI=1S/C15H22N4O/c1-12(2)19-10-5-15(19)3-8-18(9-4-15)14(20)13-11-16-6-7-17-13/h6-7,11-12H,3-5,8-10H2,1-2H3. The smallest absolute Gasteiger partial charge is 0.274 e. The molecular formula is C15H22N4O. The highest BCUT2D eigenvalue weighted by molar-refractivity contribution is 5.92. The van der Waals surface area contributed by atoms with Crippen LogP contribution in [0.1, 0.15) is 43.6 Å². The molecule has 2 aliphatic heterocycles. The summed E-state index contributed by atoms with van der Waals surface area (Å²) in [5, 5.41) is 0. The average Bonchev–Trinajstić information content (AvgIpc) is 2.46. The van der Waals surface area contributed by atoms with Crippen molar-refractivity contribution in [2.45, 2.75) is 44.7 Å². The average molecular weight is 274 g/mol. The van der Waals surface area contributed by atoms with Crippen molar-refractivity contribution >= 4 is 5.91 Å². The molecule has 0 N–H and O–H groups in total. The molecule has 3 heterocycles. The third-order valence-electron chi connectivity index (χ3n) is 4.81. The molecule has 2 aliphatic rings. The SMILES string of the molecule is CC(C)N1CCC12CCN(C(=O)c1cnccn1)CC2. The van der Waals surface area contributed by atoms with Gasteiger partial charge in [-0.3, -0.25) is 14.7 Å². The molecule has 5 nitrogen and oxygen atoms in total. The van der Waals surface area contributed by atoms with Crippen LogP contribution in [0.4, 0.5) is 0 Å². The molecule has 108 valence electrons. The van der Waals surface area contributed by atoms with Crippen LogP contribution in [0.15, 0.2) is 18.6 Å². The van der Waals surface area contributed by atoms with E-state index in [1.807, 2.05) is 4.90 Å². The zero-order chi connectivity index (χ0) is 14.2. The summed E-state index contributed by atoms with van der Waals surface area (Å²) in [6.45, 7) is 7.39. The summed E-state index contributed by atoms with van der Waals surface area (Å²) in [6, 6.07) is 0.603. The van der Waals surface area contributed by atoms with Gasteiger partial charge in [-0.25, -0.2) is 4.98 Å². The summed E-state index contributed by atoms with van der Waals surface area (Å²) in [6.07, 6.45) is 8.16. The van der Waals surface area contributed by atoms with Crippen molar-refractivity contribution in [3.8, 4) is 0 Å². The van der Waals surface area contributed by atoms with E-state index in [2.05, 4.69) is 28.7 Å². The Balaban J connectivity index is 1.63. The van der Waals surface area contributed by atoms with Gasteiger partial charge in [-0.2, -0.15) is 0 Å². The van der Waals surface area contributed by atoms with Crippen molar-refractivity contribution in [3.05, 3.63) is 24.3 Å². The molecule has 0 atom stereocenters. The molecule has 2 fully saturated rings. The molecular weight excluding hydrogens is 252 g/mol. The molecule has 3 rings (SSSR count). The van der Waals surface area contributed by atoms with Crippen LogP contribution in [0.2, 0.25) is 0 Å². The Kier molecular flexibility index (Phi) is 3.46. The lowest BCUT2D eigenvalue weighted by atomic mass is 9.75. The largest absolute Gasteiger partial charge is 0.337 e. The fourth-order valence-corrected chi connectivity index (χ4v) is 3.60. The normalized spacial score (nSPS) is 22.1. The second kappa shape index (κ2) is 5.13. The summed E-state index contributed by atoms with van der Waals surface area (Å²) in [5.74, 6) is 0.0170. The van der Waals surface area contributed by atoms with Crippen LogP contribution in [0, 0.1) is 0 Å². The maximum Gasteiger partial charge on any atom is 0.274 e. The van der Waals surface area contributed by atoms with E-state index in [4.69, 9.17) is 0 Å². The molecule has 20 heavy (non-hydrogen) atoms. The molecule has 0 unspecified atom stereocenters. The highest BCUT2D eigenvalue weighted by Crippen LogP contribution is 2.41. The minimum atomic E-state index is 0.0170. The van der Waals surface area contributed by atoms with Crippen molar-refractivity contribution < 1.29 is 4.79 Å². The van der Waals surface area contributed by atoms with E-state index in [0.29, 0.717) is 17.3 Å². The van der Waals surface area contributed by atoms with Gasteiger partial charge in [0.25, 0.3) is 5.91 Å². The van der Waals surface area contributed by atoms with Crippen molar-refractivity contribution in [2.24, 2.45) is 0 Å². The van der Waals surface area contributed by atoms with E-state index in [1.54, 1.807) is 18.6 Å². The summed E-state index contributed by atoms with van der Waals surface area (Å²) in [5.41, 5.74) is 0.811. The highest BCUT2D eigenvalue weighted by Gasteiger charge is 2.47. The Bertz CT molecular complexity index is 480. The van der Waals surface area contributed by atoms with E-state index in [0.717, 1.165) is 25.9 Å². The molecule has 5 heteroatoms. The van der Waals surface area contributed by atoms with Gasteiger partial charge >= 0.3 is 0 Å². The first-order valence-electron chi connectivity index (χ1n) is 7.44. The lowest BCUT2D eigenvalue weighted by Crippen LogP contribution is -2.66. The van der Waals surface area contributed by atoms with Crippen molar-refractivity contribution in [1.29, 1.82) is 0 Å². The Labute approximate surface area is 120 Å². The molecule has 2 saturated heterocycles. The Morgan fingerprint density at radius 2 is 1.90 bits per heavy atom. The number of hydrogen-bond donors (Lipinski definition) is 0. The topological polar surface area (TPSA) is 49.3 Å². The van der Waals surface area contributed by atoms with Gasteiger partial charge in [0.2, 0.25) is 0 Å². The van der Waals surface area contributed by atoms with Gasteiger partial charge in [-0.1, -0.05) is 0 Å². The molecule has 1 aromatic rings. The molecule has 1 amide bonds. The molecule has 0 aliphatic carbocycles. The minimum absolute atomic E-state index is 0.0170. The number of amides is 1. The lowest BCUT2D eigenvalue weighted by Gasteiger charge is -2.58. The maximum absolute atomic E-state index is 12.3. The monoisotopic (exact) mass is 274 g/mol. The van der Waals surface area contributed by atoms with Gasteiger partial charge in [-0.05, 0) is 33.1 Å². The van der Waals surface area contributed by atoms with Crippen LogP contribution in [-0.4, -0.2) is 56.9 Å². The van der Waals surface area contributed by atoms with Crippen LogP contribution >= 0.6 is 0 Å². The van der Waals surface area contributed by atoms with E-state index in [-0.39, 0.29) is 5.91 Å². The second-order valence-corrected chi connectivity index (χ2v) is 6.14. The maximum atomic E-state index is 12.3. The predicted octanol–water partition coefficient (Wildman–Crippen LogP) is 1.57. The van der Waals surface area contributed by atoms with Crippen LogP contribution < -0.4 is 0 Å². The molecule has 1 aromatic heterocycles. The van der Waals surface area contributed by atoms with E-state index >= 15 is 0 Å². The zero-order valence-electron chi connectivity index (χ0n) is 12.2. The fraction of sp³-hybridized carbons (Fsp3) is 0.667. The first kappa shape index (κ1) is 13.5. The number of rotatable bonds is 2. The number of aromatic nitrogens is 2. The number of carbonyl (C=O) groups excluding carboxylic acids is 1. The third-order valence-corrected chi connectivity index (χ3v) is 4.81. The highest BCUT2D eigenvalue weighted by atomic mass is 16.2. The minimum Gasteiger partial charge on any atom is -0.337 e. The summed E-state index contributed by atoms with van der Waals surface area (Å²) in [7, 11) is 0. The van der Waals surface area contributed by atoms with Crippen molar-refractivity contribution in [2.75, 3.05) is 19.6 Å². The number of piperidine rings is 1. The lowest BCUT2D eigenvalue weighted by molar-refractivity contribution is -0.0738. The predicted molar refractivity (Wildman–Crippen MR) is 76.4 cm³/mol. The Hall–Kier alpha value is -1.49. The van der Waals surface area contributed by atoms with Crippen molar-refractivity contribution in [1.82, 2.24) is 19.8 Å². The molecule has 0 aromatic carbocycles. The van der Waals surface area contributed by atoms with Crippen LogP contribution in [-0.2, 0) is 0 Å². The van der Waals surface area contributed by atoms with Gasteiger partial charge < -0.3 is 4.90 Å². The van der Waals surface area contributed by atoms with Gasteiger partial charge in [0.1, 0.15) is 5.69 Å². The number of carbonyl (C=O) groups is 1.